The lowest BCUT2D eigenvalue weighted by Crippen LogP contribution is -2.41. The maximum atomic E-state index is 13.2. The van der Waals surface area contributed by atoms with Crippen LogP contribution >= 0.6 is 0 Å². The minimum absolute atomic E-state index is 0.100. The fourth-order valence-electron chi connectivity index (χ4n) is 2.54. The van der Waals surface area contributed by atoms with Crippen LogP contribution < -0.4 is 4.74 Å². The predicted octanol–water partition coefficient (Wildman–Crippen LogP) is 4.77. The Bertz CT molecular complexity index is 587. The van der Waals surface area contributed by atoms with E-state index in [9.17, 15) is 9.19 Å². The molecule has 0 saturated carbocycles. The summed E-state index contributed by atoms with van der Waals surface area (Å²) in [5.41, 5.74) is 0.759. The van der Waals surface area contributed by atoms with Gasteiger partial charge in [-0.15, -0.1) is 6.58 Å². The van der Waals surface area contributed by atoms with Crippen molar-refractivity contribution in [1.82, 2.24) is 0 Å². The van der Waals surface area contributed by atoms with E-state index in [2.05, 4.69) is 20.4 Å². The largest absolute Gasteiger partial charge is 0.485 e. The van der Waals surface area contributed by atoms with E-state index in [0.29, 0.717) is 5.75 Å². The Hall–Kier alpha value is -1.39. The Morgan fingerprint density at radius 3 is 2.73 bits per heavy atom. The summed E-state index contributed by atoms with van der Waals surface area (Å²) in [4.78, 5) is 10.5. The zero-order valence-electron chi connectivity index (χ0n) is 13.8. The Balaban J connectivity index is 2.18. The average molecular weight is 320 g/mol. The minimum atomic E-state index is -2.28. The Labute approximate surface area is 133 Å². The lowest BCUT2D eigenvalue weighted by Gasteiger charge is -2.39. The van der Waals surface area contributed by atoms with E-state index in [-0.39, 0.29) is 22.9 Å². The minimum Gasteiger partial charge on any atom is -0.485 e. The standard InChI is InChI=1S/C18H25FO2Si/c1-6-13(12-18(2,3)22(4,5)20)16-9-7-14-11-15(19)8-10-17(14)21-16/h6-11,13,16,20H,1,12H2,2-5H3/t13-,16+/m0/s1. The molecule has 120 valence electrons. The van der Waals surface area contributed by atoms with Crippen molar-refractivity contribution in [3.63, 3.8) is 0 Å². The van der Waals surface area contributed by atoms with Gasteiger partial charge in [-0.25, -0.2) is 4.39 Å². The molecule has 0 fully saturated rings. The number of fused-ring (bicyclic) bond motifs is 1. The van der Waals surface area contributed by atoms with Crippen LogP contribution in [0, 0.1) is 11.7 Å². The molecule has 0 radical (unpaired) electrons. The summed E-state index contributed by atoms with van der Waals surface area (Å²) in [6.07, 6.45) is 6.42. The molecule has 0 bridgehead atoms. The van der Waals surface area contributed by atoms with E-state index < -0.39 is 8.32 Å². The van der Waals surface area contributed by atoms with Gasteiger partial charge in [0.15, 0.2) is 8.32 Å². The highest BCUT2D eigenvalue weighted by Gasteiger charge is 2.40. The molecule has 1 aliphatic heterocycles. The monoisotopic (exact) mass is 320 g/mol. The molecule has 1 aromatic carbocycles. The van der Waals surface area contributed by atoms with Crippen molar-refractivity contribution in [2.24, 2.45) is 5.92 Å². The van der Waals surface area contributed by atoms with Gasteiger partial charge in [-0.1, -0.05) is 26.0 Å². The molecule has 22 heavy (non-hydrogen) atoms. The van der Waals surface area contributed by atoms with E-state index in [1.165, 1.54) is 12.1 Å². The van der Waals surface area contributed by atoms with Crippen molar-refractivity contribution in [2.75, 3.05) is 0 Å². The average Bonchev–Trinajstić information content (AvgIpc) is 2.43. The fourth-order valence-corrected chi connectivity index (χ4v) is 3.28. The van der Waals surface area contributed by atoms with Gasteiger partial charge in [0.25, 0.3) is 0 Å². The highest BCUT2D eigenvalue weighted by Crippen LogP contribution is 2.43. The molecular formula is C18H25FO2Si. The summed E-state index contributed by atoms with van der Waals surface area (Å²) in [6, 6.07) is 4.54. The lowest BCUT2D eigenvalue weighted by molar-refractivity contribution is 0.183. The van der Waals surface area contributed by atoms with Crippen molar-refractivity contribution in [3.8, 4) is 5.75 Å². The second kappa shape index (κ2) is 6.01. The van der Waals surface area contributed by atoms with Crippen LogP contribution in [0.3, 0.4) is 0 Å². The molecule has 2 atom stereocenters. The number of hydrogen-bond acceptors (Lipinski definition) is 2. The fraction of sp³-hybridized carbons (Fsp3) is 0.444. The van der Waals surface area contributed by atoms with Gasteiger partial charge >= 0.3 is 0 Å². The maximum Gasteiger partial charge on any atom is 0.188 e. The highest BCUT2D eigenvalue weighted by atomic mass is 28.4. The molecule has 2 nitrogen and oxygen atoms in total. The normalized spacial score (nSPS) is 19.3. The third kappa shape index (κ3) is 3.50. The zero-order valence-corrected chi connectivity index (χ0v) is 14.8. The Morgan fingerprint density at radius 2 is 2.14 bits per heavy atom. The summed E-state index contributed by atoms with van der Waals surface area (Å²) < 4.78 is 19.2. The molecule has 2 rings (SSSR count). The zero-order chi connectivity index (χ0) is 16.5. The molecule has 1 N–H and O–H groups in total. The van der Waals surface area contributed by atoms with Gasteiger partial charge in [0.1, 0.15) is 17.7 Å². The summed E-state index contributed by atoms with van der Waals surface area (Å²) in [5, 5.41) is -0.147. The molecule has 0 spiro atoms. The smallest absolute Gasteiger partial charge is 0.188 e. The first kappa shape index (κ1) is 17.0. The van der Waals surface area contributed by atoms with Gasteiger partial charge in [0.2, 0.25) is 0 Å². The van der Waals surface area contributed by atoms with Gasteiger partial charge in [0.05, 0.1) is 0 Å². The first-order valence-electron chi connectivity index (χ1n) is 7.63. The molecule has 0 unspecified atom stereocenters. The van der Waals surface area contributed by atoms with Gasteiger partial charge in [-0.2, -0.15) is 0 Å². The number of rotatable bonds is 5. The van der Waals surface area contributed by atoms with Crippen molar-refractivity contribution >= 4 is 14.4 Å². The van der Waals surface area contributed by atoms with E-state index >= 15 is 0 Å². The Kier molecular flexibility index (Phi) is 4.64. The van der Waals surface area contributed by atoms with Crippen LogP contribution in [-0.2, 0) is 0 Å². The van der Waals surface area contributed by atoms with Crippen LogP contribution in [0.5, 0.6) is 5.75 Å². The van der Waals surface area contributed by atoms with Crippen molar-refractivity contribution < 1.29 is 13.9 Å². The molecule has 4 heteroatoms. The molecule has 1 heterocycles. The summed E-state index contributed by atoms with van der Waals surface area (Å²) >= 11 is 0. The number of halogens is 1. The van der Waals surface area contributed by atoms with Gasteiger partial charge in [0, 0.05) is 11.5 Å². The lowest BCUT2D eigenvalue weighted by atomic mass is 9.90. The van der Waals surface area contributed by atoms with E-state index in [1.807, 2.05) is 31.3 Å². The third-order valence-electron chi connectivity index (χ3n) is 4.83. The van der Waals surface area contributed by atoms with Crippen LogP contribution in [0.4, 0.5) is 4.39 Å². The predicted molar refractivity (Wildman–Crippen MR) is 91.9 cm³/mol. The van der Waals surface area contributed by atoms with Crippen LogP contribution in [-0.4, -0.2) is 19.2 Å². The number of ether oxygens (including phenoxy) is 1. The molecule has 1 aromatic rings. The summed E-state index contributed by atoms with van der Waals surface area (Å²) in [7, 11) is -2.28. The molecule has 0 amide bonds. The van der Waals surface area contributed by atoms with Crippen LogP contribution in [0.2, 0.25) is 18.1 Å². The third-order valence-corrected chi connectivity index (χ3v) is 8.34. The maximum absolute atomic E-state index is 13.2. The van der Waals surface area contributed by atoms with Crippen molar-refractivity contribution in [1.29, 1.82) is 0 Å². The summed E-state index contributed by atoms with van der Waals surface area (Å²) in [5.74, 6) is 0.530. The second-order valence-electron chi connectivity index (χ2n) is 7.17. The van der Waals surface area contributed by atoms with E-state index in [0.717, 1.165) is 12.0 Å². The first-order valence-corrected chi connectivity index (χ1v) is 10.6. The van der Waals surface area contributed by atoms with E-state index in [1.54, 1.807) is 6.07 Å². The summed E-state index contributed by atoms with van der Waals surface area (Å²) in [6.45, 7) is 12.1. The SMILES string of the molecule is C=C[C@@H](CC(C)(C)[Si](C)(C)O)[C@H]1C=Cc2cc(F)ccc2O1. The number of benzene rings is 1. The van der Waals surface area contributed by atoms with Crippen LogP contribution in [0.15, 0.2) is 36.9 Å². The topological polar surface area (TPSA) is 29.5 Å². The Morgan fingerprint density at radius 1 is 1.45 bits per heavy atom. The van der Waals surface area contributed by atoms with Crippen LogP contribution in [0.25, 0.3) is 6.08 Å². The molecule has 1 aliphatic rings. The van der Waals surface area contributed by atoms with Gasteiger partial charge < -0.3 is 9.53 Å². The first-order chi connectivity index (χ1) is 10.1. The molecule has 0 saturated heterocycles. The van der Waals surface area contributed by atoms with Gasteiger partial charge in [-0.3, -0.25) is 0 Å². The quantitative estimate of drug-likeness (QED) is 0.625. The highest BCUT2D eigenvalue weighted by molar-refractivity contribution is 6.72. The second-order valence-corrected chi connectivity index (χ2v) is 11.6. The van der Waals surface area contributed by atoms with Crippen molar-refractivity contribution in [3.05, 3.63) is 48.3 Å². The number of hydrogen-bond donors (Lipinski definition) is 1. The molecular weight excluding hydrogens is 295 g/mol. The van der Waals surface area contributed by atoms with Crippen LogP contribution in [0.1, 0.15) is 25.8 Å². The molecule has 0 aliphatic carbocycles. The van der Waals surface area contributed by atoms with Gasteiger partial charge in [-0.05, 0) is 48.8 Å². The van der Waals surface area contributed by atoms with Crippen molar-refractivity contribution in [2.45, 2.75) is 44.5 Å². The molecule has 0 aromatic heterocycles. The van der Waals surface area contributed by atoms with E-state index in [4.69, 9.17) is 4.74 Å².